The second kappa shape index (κ2) is 6.53. The number of nitrogens with two attached hydrogens (primary N) is 1. The number of likely N-dealkylation sites (N-methyl/N-ethyl adjacent to an activating group) is 1. The number of benzene rings is 1. The minimum Gasteiger partial charge on any atom is -0.323 e. The maximum atomic E-state index is 12.4. The third-order valence-corrected chi connectivity index (χ3v) is 5.19. The van der Waals surface area contributed by atoms with E-state index in [4.69, 9.17) is 5.84 Å². The van der Waals surface area contributed by atoms with Crippen molar-refractivity contribution in [1.29, 1.82) is 0 Å². The predicted octanol–water partition coefficient (Wildman–Crippen LogP) is 0.735. The Balaban J connectivity index is 2.14. The second-order valence-corrected chi connectivity index (χ2v) is 6.68. The lowest BCUT2D eigenvalue weighted by molar-refractivity contribution is 0.211. The summed E-state index contributed by atoms with van der Waals surface area (Å²) in [6.07, 6.45) is 1.88. The summed E-state index contributed by atoms with van der Waals surface area (Å²) in [6.45, 7) is 4.83. The third-order valence-electron chi connectivity index (χ3n) is 3.61. The summed E-state index contributed by atoms with van der Waals surface area (Å²) in [6, 6.07) is 6.59. The van der Waals surface area contributed by atoms with Gasteiger partial charge in [-0.3, -0.25) is 5.84 Å². The lowest BCUT2D eigenvalue weighted by Gasteiger charge is -2.32. The van der Waals surface area contributed by atoms with Crippen molar-refractivity contribution in [3.05, 3.63) is 24.3 Å². The van der Waals surface area contributed by atoms with Gasteiger partial charge in [0.25, 0.3) is 0 Å². The molecule has 0 saturated carbocycles. The topological polar surface area (TPSA) is 87.5 Å². The standard InChI is InChI=1S/C13H22N4O2S/c1-2-17-9-5-6-11(10-17)16-20(18,19)13-8-4-3-7-12(13)15-14/h3-4,7-8,11,15-16H,2,5-6,9-10,14H2,1H3. The molecule has 0 amide bonds. The first-order valence-corrected chi connectivity index (χ1v) is 8.35. The molecule has 7 heteroatoms. The van der Waals surface area contributed by atoms with Crippen molar-refractivity contribution < 1.29 is 8.42 Å². The molecule has 0 aromatic heterocycles. The molecule has 1 aliphatic heterocycles. The fraction of sp³-hybridized carbons (Fsp3) is 0.538. The molecule has 112 valence electrons. The number of hydrogen-bond donors (Lipinski definition) is 3. The molecule has 1 aromatic carbocycles. The van der Waals surface area contributed by atoms with Crippen LogP contribution in [0.5, 0.6) is 0 Å². The van der Waals surface area contributed by atoms with Crippen LogP contribution in [0.15, 0.2) is 29.2 Å². The average Bonchev–Trinajstić information content (AvgIpc) is 2.47. The highest BCUT2D eigenvalue weighted by molar-refractivity contribution is 7.89. The smallest absolute Gasteiger partial charge is 0.242 e. The van der Waals surface area contributed by atoms with Crippen LogP contribution in [0.4, 0.5) is 5.69 Å². The van der Waals surface area contributed by atoms with Crippen molar-refractivity contribution in [2.45, 2.75) is 30.7 Å². The zero-order valence-corrected chi connectivity index (χ0v) is 12.5. The van der Waals surface area contributed by atoms with E-state index in [-0.39, 0.29) is 10.9 Å². The van der Waals surface area contributed by atoms with Crippen LogP contribution in [0.2, 0.25) is 0 Å². The van der Waals surface area contributed by atoms with E-state index >= 15 is 0 Å². The molecule has 20 heavy (non-hydrogen) atoms. The van der Waals surface area contributed by atoms with E-state index < -0.39 is 10.0 Å². The maximum absolute atomic E-state index is 12.4. The van der Waals surface area contributed by atoms with Crippen molar-refractivity contribution in [3.8, 4) is 0 Å². The molecule has 1 saturated heterocycles. The van der Waals surface area contributed by atoms with E-state index in [1.54, 1.807) is 24.3 Å². The van der Waals surface area contributed by atoms with Gasteiger partial charge >= 0.3 is 0 Å². The van der Waals surface area contributed by atoms with E-state index in [0.717, 1.165) is 32.5 Å². The van der Waals surface area contributed by atoms with Gasteiger partial charge in [-0.25, -0.2) is 13.1 Å². The molecule has 1 unspecified atom stereocenters. The molecule has 1 aliphatic rings. The van der Waals surface area contributed by atoms with Crippen molar-refractivity contribution in [2.75, 3.05) is 25.1 Å². The van der Waals surface area contributed by atoms with Gasteiger partial charge in [0.15, 0.2) is 0 Å². The van der Waals surface area contributed by atoms with Crippen LogP contribution in [0.3, 0.4) is 0 Å². The zero-order chi connectivity index (χ0) is 14.6. The van der Waals surface area contributed by atoms with Gasteiger partial charge in [-0.05, 0) is 38.1 Å². The molecule has 1 heterocycles. The van der Waals surface area contributed by atoms with Gasteiger partial charge in [0.2, 0.25) is 10.0 Å². The fourth-order valence-electron chi connectivity index (χ4n) is 2.54. The van der Waals surface area contributed by atoms with E-state index in [1.165, 1.54) is 0 Å². The molecular formula is C13H22N4O2S. The minimum atomic E-state index is -3.55. The Bertz CT molecular complexity index is 547. The van der Waals surface area contributed by atoms with Gasteiger partial charge in [0.05, 0.1) is 5.69 Å². The normalized spacial score (nSPS) is 20.8. The van der Waals surface area contributed by atoms with E-state index in [9.17, 15) is 8.42 Å². The monoisotopic (exact) mass is 298 g/mol. The fourth-order valence-corrected chi connectivity index (χ4v) is 3.97. The number of hydrazine groups is 1. The van der Waals surface area contributed by atoms with Crippen LogP contribution in [0.1, 0.15) is 19.8 Å². The van der Waals surface area contributed by atoms with Gasteiger partial charge in [-0.15, -0.1) is 0 Å². The molecule has 0 bridgehead atoms. The van der Waals surface area contributed by atoms with Gasteiger partial charge in [0, 0.05) is 12.6 Å². The van der Waals surface area contributed by atoms with E-state index in [1.807, 2.05) is 0 Å². The number of nitrogens with one attached hydrogen (secondary N) is 2. The Morgan fingerprint density at radius 1 is 1.40 bits per heavy atom. The molecule has 1 atom stereocenters. The summed E-state index contributed by atoms with van der Waals surface area (Å²) in [5.41, 5.74) is 2.83. The van der Waals surface area contributed by atoms with Gasteiger partial charge < -0.3 is 10.3 Å². The van der Waals surface area contributed by atoms with Crippen molar-refractivity contribution in [2.24, 2.45) is 5.84 Å². The molecule has 1 aromatic rings. The Hall–Kier alpha value is -1.15. The third kappa shape index (κ3) is 3.49. The SMILES string of the molecule is CCN1CCCC(NS(=O)(=O)c2ccccc2NN)C1. The summed E-state index contributed by atoms with van der Waals surface area (Å²) >= 11 is 0. The second-order valence-electron chi connectivity index (χ2n) is 4.99. The van der Waals surface area contributed by atoms with Gasteiger partial charge in [-0.2, -0.15) is 0 Å². The lowest BCUT2D eigenvalue weighted by atomic mass is 10.1. The van der Waals surface area contributed by atoms with Crippen molar-refractivity contribution >= 4 is 15.7 Å². The first-order valence-electron chi connectivity index (χ1n) is 6.87. The number of piperidine rings is 1. The van der Waals surface area contributed by atoms with Crippen LogP contribution in [-0.4, -0.2) is 39.0 Å². The highest BCUT2D eigenvalue weighted by Crippen LogP contribution is 2.21. The number of hydrogen-bond acceptors (Lipinski definition) is 5. The predicted molar refractivity (Wildman–Crippen MR) is 79.7 cm³/mol. The molecular weight excluding hydrogens is 276 g/mol. The van der Waals surface area contributed by atoms with Crippen LogP contribution in [0.25, 0.3) is 0 Å². The number of anilines is 1. The number of likely N-dealkylation sites (tertiary alicyclic amines) is 1. The van der Waals surface area contributed by atoms with Gasteiger partial charge in [0.1, 0.15) is 4.90 Å². The van der Waals surface area contributed by atoms with Crippen molar-refractivity contribution in [1.82, 2.24) is 9.62 Å². The quantitative estimate of drug-likeness (QED) is 0.551. The van der Waals surface area contributed by atoms with Crippen LogP contribution >= 0.6 is 0 Å². The highest BCUT2D eigenvalue weighted by Gasteiger charge is 2.25. The van der Waals surface area contributed by atoms with E-state index in [2.05, 4.69) is 22.0 Å². The molecule has 0 aliphatic carbocycles. The number of nitrogens with zero attached hydrogens (tertiary/aromatic N) is 1. The Morgan fingerprint density at radius 3 is 2.85 bits per heavy atom. The average molecular weight is 298 g/mol. The van der Waals surface area contributed by atoms with Gasteiger partial charge in [-0.1, -0.05) is 19.1 Å². The molecule has 0 radical (unpaired) electrons. The first-order chi connectivity index (χ1) is 9.56. The summed E-state index contributed by atoms with van der Waals surface area (Å²) in [7, 11) is -3.55. The molecule has 1 fully saturated rings. The van der Waals surface area contributed by atoms with Crippen LogP contribution in [0, 0.1) is 0 Å². The number of para-hydroxylation sites is 1. The Labute approximate surface area is 120 Å². The largest absolute Gasteiger partial charge is 0.323 e. The number of nitrogen functional groups attached to an aromatic ring is 1. The molecule has 6 nitrogen and oxygen atoms in total. The summed E-state index contributed by atoms with van der Waals surface area (Å²) in [4.78, 5) is 2.44. The van der Waals surface area contributed by atoms with Crippen LogP contribution in [-0.2, 0) is 10.0 Å². The summed E-state index contributed by atoms with van der Waals surface area (Å²) in [5, 5.41) is 0. The molecule has 4 N–H and O–H groups in total. The van der Waals surface area contributed by atoms with Crippen LogP contribution < -0.4 is 16.0 Å². The molecule has 0 spiro atoms. The summed E-state index contributed by atoms with van der Waals surface area (Å²) in [5.74, 6) is 5.37. The maximum Gasteiger partial charge on any atom is 0.242 e. The number of sulfonamides is 1. The van der Waals surface area contributed by atoms with E-state index in [0.29, 0.717) is 5.69 Å². The lowest BCUT2D eigenvalue weighted by Crippen LogP contribution is -2.47. The molecule has 2 rings (SSSR count). The minimum absolute atomic E-state index is 0.0421. The highest BCUT2D eigenvalue weighted by atomic mass is 32.2. The summed E-state index contributed by atoms with van der Waals surface area (Å²) < 4.78 is 27.7. The Kier molecular flexibility index (Phi) is 4.98. The zero-order valence-electron chi connectivity index (χ0n) is 11.7. The first kappa shape index (κ1) is 15.2. The number of rotatable bonds is 5. The van der Waals surface area contributed by atoms with Crippen molar-refractivity contribution in [3.63, 3.8) is 0 Å². The Morgan fingerprint density at radius 2 is 2.15 bits per heavy atom.